The van der Waals surface area contributed by atoms with Crippen molar-refractivity contribution < 1.29 is 19.6 Å². The third-order valence-electron chi connectivity index (χ3n) is 2.17. The molecule has 0 saturated carbocycles. The van der Waals surface area contributed by atoms with Gasteiger partial charge in [-0.3, -0.25) is 14.9 Å². The first-order valence-electron chi connectivity index (χ1n) is 4.86. The van der Waals surface area contributed by atoms with Crippen molar-refractivity contribution in [2.45, 2.75) is 6.54 Å². The zero-order valence-corrected chi connectivity index (χ0v) is 9.25. The highest BCUT2D eigenvalue weighted by Gasteiger charge is 2.17. The number of benzene rings is 1. The fraction of sp³-hybridized carbons (Fsp3) is 0.0909. The molecule has 1 rings (SSSR count). The Morgan fingerprint density at radius 3 is 2.67 bits per heavy atom. The van der Waals surface area contributed by atoms with E-state index < -0.39 is 16.8 Å². The maximum absolute atomic E-state index is 10.9. The molecule has 0 bridgehead atoms. The number of nitrogens with zero attached hydrogens (tertiary/aromatic N) is 1. The summed E-state index contributed by atoms with van der Waals surface area (Å²) >= 11 is 0. The van der Waals surface area contributed by atoms with Crippen LogP contribution >= 0.6 is 0 Å². The highest BCUT2D eigenvalue weighted by molar-refractivity contribution is 5.89. The second kappa shape index (κ2) is 5.58. The van der Waals surface area contributed by atoms with Gasteiger partial charge in [-0.25, -0.2) is 4.79 Å². The lowest BCUT2D eigenvalue weighted by Crippen LogP contribution is -2.20. The SMILES string of the molecule is C=CC(=O)NCc1ccc(C(=O)O)cc1[N+](=O)[O-]. The van der Waals surface area contributed by atoms with Crippen molar-refractivity contribution >= 4 is 17.6 Å². The number of carbonyl (C=O) groups excluding carboxylic acids is 1. The van der Waals surface area contributed by atoms with Gasteiger partial charge in [-0.05, 0) is 18.2 Å². The molecule has 0 atom stereocenters. The Morgan fingerprint density at radius 1 is 1.50 bits per heavy atom. The number of hydrogen-bond acceptors (Lipinski definition) is 4. The lowest BCUT2D eigenvalue weighted by Gasteiger charge is -2.04. The second-order valence-electron chi connectivity index (χ2n) is 3.33. The van der Waals surface area contributed by atoms with Crippen molar-refractivity contribution in [3.8, 4) is 0 Å². The minimum atomic E-state index is -1.25. The highest BCUT2D eigenvalue weighted by Crippen LogP contribution is 2.20. The third kappa shape index (κ3) is 3.14. The number of hydrogen-bond donors (Lipinski definition) is 2. The number of nitro groups is 1. The molecule has 94 valence electrons. The molecule has 7 heteroatoms. The first kappa shape index (κ1) is 13.4. The summed E-state index contributed by atoms with van der Waals surface area (Å²) < 4.78 is 0. The molecule has 0 radical (unpaired) electrons. The zero-order valence-electron chi connectivity index (χ0n) is 9.25. The number of amides is 1. The third-order valence-corrected chi connectivity index (χ3v) is 2.17. The van der Waals surface area contributed by atoms with Crippen molar-refractivity contribution in [2.24, 2.45) is 0 Å². The Kier molecular flexibility index (Phi) is 4.14. The molecular formula is C11H10N2O5. The van der Waals surface area contributed by atoms with Crippen LogP contribution in [0.15, 0.2) is 30.9 Å². The Morgan fingerprint density at radius 2 is 2.17 bits per heavy atom. The van der Waals surface area contributed by atoms with Gasteiger partial charge in [0.05, 0.1) is 10.5 Å². The second-order valence-corrected chi connectivity index (χ2v) is 3.33. The minimum absolute atomic E-state index is 0.0684. The number of nitrogens with one attached hydrogen (secondary N) is 1. The van der Waals surface area contributed by atoms with Crippen LogP contribution in [-0.4, -0.2) is 21.9 Å². The van der Waals surface area contributed by atoms with Crippen LogP contribution in [0.2, 0.25) is 0 Å². The van der Waals surface area contributed by atoms with Crippen molar-refractivity contribution in [3.05, 3.63) is 52.1 Å². The fourth-order valence-electron chi connectivity index (χ4n) is 1.27. The number of rotatable bonds is 5. The number of aromatic carboxylic acids is 1. The molecule has 0 aromatic heterocycles. The van der Waals surface area contributed by atoms with Crippen LogP contribution < -0.4 is 5.32 Å². The van der Waals surface area contributed by atoms with Gasteiger partial charge in [0.2, 0.25) is 5.91 Å². The summed E-state index contributed by atoms with van der Waals surface area (Å²) in [5, 5.41) is 21.9. The Balaban J connectivity index is 3.04. The number of carboxylic acids is 1. The van der Waals surface area contributed by atoms with Crippen molar-refractivity contribution in [1.82, 2.24) is 5.32 Å². The molecule has 0 aliphatic heterocycles. The number of carbonyl (C=O) groups is 2. The molecule has 0 heterocycles. The first-order chi connectivity index (χ1) is 8.45. The summed E-state index contributed by atoms with van der Waals surface area (Å²) in [6, 6.07) is 3.49. The zero-order chi connectivity index (χ0) is 13.7. The number of nitro benzene ring substituents is 1. The molecule has 1 amide bonds. The van der Waals surface area contributed by atoms with E-state index in [4.69, 9.17) is 5.11 Å². The molecule has 0 spiro atoms. The minimum Gasteiger partial charge on any atom is -0.478 e. The van der Waals surface area contributed by atoms with Gasteiger partial charge in [0.15, 0.2) is 0 Å². The average molecular weight is 250 g/mol. The van der Waals surface area contributed by atoms with Crippen LogP contribution in [0.25, 0.3) is 0 Å². The molecule has 0 aliphatic rings. The van der Waals surface area contributed by atoms with E-state index in [1.54, 1.807) is 0 Å². The van der Waals surface area contributed by atoms with Gasteiger partial charge in [-0.15, -0.1) is 0 Å². The van der Waals surface area contributed by atoms with Gasteiger partial charge in [0.25, 0.3) is 5.69 Å². The molecule has 0 unspecified atom stereocenters. The van der Waals surface area contributed by atoms with E-state index >= 15 is 0 Å². The first-order valence-corrected chi connectivity index (χ1v) is 4.86. The molecule has 0 aliphatic carbocycles. The van der Waals surface area contributed by atoms with Crippen molar-refractivity contribution in [2.75, 3.05) is 0 Å². The van der Waals surface area contributed by atoms with Gasteiger partial charge in [-0.2, -0.15) is 0 Å². The summed E-state index contributed by atoms with van der Waals surface area (Å²) in [4.78, 5) is 31.7. The molecule has 7 nitrogen and oxygen atoms in total. The van der Waals surface area contributed by atoms with Crippen LogP contribution in [-0.2, 0) is 11.3 Å². The average Bonchev–Trinajstić information content (AvgIpc) is 2.35. The van der Waals surface area contributed by atoms with E-state index in [9.17, 15) is 19.7 Å². The summed E-state index contributed by atoms with van der Waals surface area (Å²) in [5.74, 6) is -1.72. The van der Waals surface area contributed by atoms with E-state index in [-0.39, 0.29) is 23.4 Å². The maximum atomic E-state index is 10.9. The van der Waals surface area contributed by atoms with E-state index in [1.807, 2.05) is 0 Å². The van der Waals surface area contributed by atoms with Crippen LogP contribution in [0.1, 0.15) is 15.9 Å². The van der Waals surface area contributed by atoms with Crippen LogP contribution in [0.3, 0.4) is 0 Å². The summed E-state index contributed by atoms with van der Waals surface area (Å²) in [5.41, 5.74) is -0.306. The van der Waals surface area contributed by atoms with E-state index in [0.717, 1.165) is 12.1 Å². The molecule has 1 aromatic carbocycles. The van der Waals surface area contributed by atoms with E-state index in [0.29, 0.717) is 0 Å². The lowest BCUT2D eigenvalue weighted by molar-refractivity contribution is -0.385. The Labute approximate surface area is 102 Å². The van der Waals surface area contributed by atoms with Gasteiger partial charge in [0.1, 0.15) is 0 Å². The predicted octanol–water partition coefficient (Wildman–Crippen LogP) is 1.10. The molecular weight excluding hydrogens is 240 g/mol. The number of carboxylic acid groups (broad SMARTS) is 1. The van der Waals surface area contributed by atoms with E-state index in [2.05, 4.69) is 11.9 Å². The monoisotopic (exact) mass is 250 g/mol. The largest absolute Gasteiger partial charge is 0.478 e. The maximum Gasteiger partial charge on any atom is 0.335 e. The smallest absolute Gasteiger partial charge is 0.335 e. The normalized spacial score (nSPS) is 9.56. The highest BCUT2D eigenvalue weighted by atomic mass is 16.6. The van der Waals surface area contributed by atoms with Gasteiger partial charge in [0, 0.05) is 18.2 Å². The van der Waals surface area contributed by atoms with Gasteiger partial charge >= 0.3 is 5.97 Å². The molecule has 2 N–H and O–H groups in total. The summed E-state index contributed by atoms with van der Waals surface area (Å²) in [7, 11) is 0. The van der Waals surface area contributed by atoms with Crippen molar-refractivity contribution in [1.29, 1.82) is 0 Å². The summed E-state index contributed by atoms with van der Waals surface area (Å²) in [6.45, 7) is 3.18. The fourth-order valence-corrected chi connectivity index (χ4v) is 1.27. The molecule has 1 aromatic rings. The molecule has 18 heavy (non-hydrogen) atoms. The lowest BCUT2D eigenvalue weighted by atomic mass is 10.1. The van der Waals surface area contributed by atoms with Crippen molar-refractivity contribution in [3.63, 3.8) is 0 Å². The molecule has 0 fully saturated rings. The van der Waals surface area contributed by atoms with Crippen LogP contribution in [0.5, 0.6) is 0 Å². The Hall–Kier alpha value is -2.70. The topological polar surface area (TPSA) is 110 Å². The Bertz CT molecular complexity index is 524. The van der Waals surface area contributed by atoms with E-state index in [1.165, 1.54) is 12.1 Å². The van der Waals surface area contributed by atoms with Crippen LogP contribution in [0.4, 0.5) is 5.69 Å². The van der Waals surface area contributed by atoms with Crippen LogP contribution in [0, 0.1) is 10.1 Å². The van der Waals surface area contributed by atoms with Gasteiger partial charge in [-0.1, -0.05) is 6.58 Å². The predicted molar refractivity (Wildman–Crippen MR) is 62.1 cm³/mol. The summed E-state index contributed by atoms with van der Waals surface area (Å²) in [6.07, 6.45) is 1.04. The molecule has 0 saturated heterocycles. The standard InChI is InChI=1S/C11H10N2O5/c1-2-10(14)12-6-8-4-3-7(11(15)16)5-9(8)13(17)18/h2-5H,1,6H2,(H,12,14)(H,15,16). The van der Waals surface area contributed by atoms with Gasteiger partial charge < -0.3 is 10.4 Å². The quantitative estimate of drug-likeness (QED) is 0.462.